The Bertz CT molecular complexity index is 1840. The molecule has 0 aliphatic carbocycles. The molecule has 0 unspecified atom stereocenters. The number of hydrogen-bond donors (Lipinski definition) is 1. The Morgan fingerprint density at radius 3 is 2.29 bits per heavy atom. The van der Waals surface area contributed by atoms with Gasteiger partial charge in [-0.3, -0.25) is 9.36 Å². The second kappa shape index (κ2) is 12.3. The van der Waals surface area contributed by atoms with E-state index in [1.54, 1.807) is 68.0 Å². The number of carboxylic acids is 1. The summed E-state index contributed by atoms with van der Waals surface area (Å²) in [4.78, 5) is 42.9. The summed E-state index contributed by atoms with van der Waals surface area (Å²) in [5.74, 6) is -0.197. The van der Waals surface area contributed by atoms with Crippen molar-refractivity contribution in [2.45, 2.75) is 26.5 Å². The van der Waals surface area contributed by atoms with E-state index in [-0.39, 0.29) is 24.3 Å². The van der Waals surface area contributed by atoms with E-state index in [1.807, 2.05) is 24.3 Å². The molecule has 42 heavy (non-hydrogen) atoms. The molecule has 3 aromatic carbocycles. The number of aromatic carboxylic acids is 1. The van der Waals surface area contributed by atoms with Crippen LogP contribution in [0, 0.1) is 0 Å². The van der Waals surface area contributed by atoms with E-state index in [2.05, 4.69) is 4.99 Å². The van der Waals surface area contributed by atoms with E-state index in [0.717, 1.165) is 16.7 Å². The molecule has 0 radical (unpaired) electrons. The van der Waals surface area contributed by atoms with Crippen molar-refractivity contribution < 1.29 is 28.9 Å². The Morgan fingerprint density at radius 2 is 1.67 bits per heavy atom. The van der Waals surface area contributed by atoms with Gasteiger partial charge in [0.2, 0.25) is 0 Å². The maximum Gasteiger partial charge on any atom is 0.338 e. The molecular weight excluding hydrogens is 556 g/mol. The van der Waals surface area contributed by atoms with E-state index in [1.165, 1.54) is 23.5 Å². The van der Waals surface area contributed by atoms with Gasteiger partial charge in [-0.05, 0) is 73.0 Å². The van der Waals surface area contributed by atoms with Gasteiger partial charge in [-0.2, -0.15) is 0 Å². The number of methoxy groups -OCH3 is 1. The maximum atomic E-state index is 13.8. The van der Waals surface area contributed by atoms with Crippen molar-refractivity contribution in [3.63, 3.8) is 0 Å². The normalized spacial score (nSPS) is 14.6. The van der Waals surface area contributed by atoms with Crippen molar-refractivity contribution in [1.82, 2.24) is 4.57 Å². The highest BCUT2D eigenvalue weighted by atomic mass is 32.1. The molecule has 0 saturated carbocycles. The zero-order chi connectivity index (χ0) is 29.8. The molecule has 1 aliphatic heterocycles. The highest BCUT2D eigenvalue weighted by Gasteiger charge is 2.33. The van der Waals surface area contributed by atoms with Crippen LogP contribution in [0.2, 0.25) is 0 Å². The third-order valence-corrected chi connectivity index (χ3v) is 7.72. The van der Waals surface area contributed by atoms with Crippen LogP contribution in [0.5, 0.6) is 11.5 Å². The molecule has 10 heteroatoms. The molecule has 2 heterocycles. The smallest absolute Gasteiger partial charge is 0.338 e. The van der Waals surface area contributed by atoms with Crippen LogP contribution in [-0.4, -0.2) is 35.3 Å². The quantitative estimate of drug-likeness (QED) is 0.295. The Morgan fingerprint density at radius 1 is 1.00 bits per heavy atom. The molecule has 0 fully saturated rings. The highest BCUT2D eigenvalue weighted by Crippen LogP contribution is 2.31. The number of nitrogens with zero attached hydrogens (tertiary/aromatic N) is 2. The minimum absolute atomic E-state index is 0.200. The van der Waals surface area contributed by atoms with E-state index in [4.69, 9.17) is 19.3 Å². The average molecular weight is 585 g/mol. The van der Waals surface area contributed by atoms with Crippen molar-refractivity contribution in [2.24, 2.45) is 4.99 Å². The SMILES string of the molecule is CCOC(=O)C1=C(C)N=c2s/c(=C/c3ccc(OCc4ccc(C(=O)O)cc4)cc3)c(=O)n2[C@H]1c1ccc(OC)cc1. The minimum atomic E-state index is -0.976. The number of rotatable bonds is 9. The lowest BCUT2D eigenvalue weighted by Gasteiger charge is -2.24. The lowest BCUT2D eigenvalue weighted by molar-refractivity contribution is -0.139. The van der Waals surface area contributed by atoms with Crippen molar-refractivity contribution in [1.29, 1.82) is 0 Å². The van der Waals surface area contributed by atoms with Gasteiger partial charge in [0.05, 0.1) is 41.1 Å². The first-order valence-electron chi connectivity index (χ1n) is 13.2. The largest absolute Gasteiger partial charge is 0.497 e. The van der Waals surface area contributed by atoms with Gasteiger partial charge in [0.15, 0.2) is 4.80 Å². The molecule has 5 rings (SSSR count). The number of carbonyl (C=O) groups is 2. The molecule has 1 aromatic heterocycles. The first-order valence-corrected chi connectivity index (χ1v) is 14.0. The van der Waals surface area contributed by atoms with Gasteiger partial charge in [-0.25, -0.2) is 14.6 Å². The number of hydrogen-bond acceptors (Lipinski definition) is 8. The van der Waals surface area contributed by atoms with Crippen molar-refractivity contribution in [3.05, 3.63) is 126 Å². The summed E-state index contributed by atoms with van der Waals surface area (Å²) < 4.78 is 18.5. The number of carboxylic acid groups (broad SMARTS) is 1. The topological polar surface area (TPSA) is 116 Å². The van der Waals surface area contributed by atoms with E-state index in [9.17, 15) is 14.4 Å². The van der Waals surface area contributed by atoms with Gasteiger partial charge >= 0.3 is 11.9 Å². The maximum absolute atomic E-state index is 13.8. The monoisotopic (exact) mass is 584 g/mol. The van der Waals surface area contributed by atoms with Crippen molar-refractivity contribution in [3.8, 4) is 11.5 Å². The lowest BCUT2D eigenvalue weighted by atomic mass is 9.96. The molecular formula is C32H28N2O7S. The highest BCUT2D eigenvalue weighted by molar-refractivity contribution is 7.07. The van der Waals surface area contributed by atoms with Gasteiger partial charge in [0, 0.05) is 0 Å². The second-order valence-corrected chi connectivity index (χ2v) is 10.4. The molecule has 9 nitrogen and oxygen atoms in total. The van der Waals surface area contributed by atoms with Crippen LogP contribution in [0.4, 0.5) is 0 Å². The zero-order valence-electron chi connectivity index (χ0n) is 23.2. The number of fused-ring (bicyclic) bond motifs is 1. The summed E-state index contributed by atoms with van der Waals surface area (Å²) in [6.07, 6.45) is 1.78. The second-order valence-electron chi connectivity index (χ2n) is 9.44. The van der Waals surface area contributed by atoms with Crippen molar-refractivity contribution in [2.75, 3.05) is 13.7 Å². The van der Waals surface area contributed by atoms with Gasteiger partial charge in [-0.1, -0.05) is 47.7 Å². The number of allylic oxidation sites excluding steroid dienone is 1. The minimum Gasteiger partial charge on any atom is -0.497 e. The van der Waals surface area contributed by atoms with Gasteiger partial charge in [-0.15, -0.1) is 0 Å². The average Bonchev–Trinajstić information content (AvgIpc) is 3.30. The van der Waals surface area contributed by atoms with Gasteiger partial charge in [0.1, 0.15) is 18.1 Å². The van der Waals surface area contributed by atoms with Gasteiger partial charge < -0.3 is 19.3 Å². The standard InChI is InChI=1S/C32H28N2O7S/c1-4-40-31(38)27-19(2)33-32-34(28(27)22-11-15-24(39-3)16-12-22)29(35)26(42-32)17-20-7-13-25(14-8-20)41-18-21-5-9-23(10-6-21)30(36)37/h5-17,28H,4,18H2,1-3H3,(H,36,37)/b26-17+/t28-/m0/s1. The summed E-state index contributed by atoms with van der Waals surface area (Å²) in [5.41, 5.74) is 3.14. The van der Waals surface area contributed by atoms with Gasteiger partial charge in [0.25, 0.3) is 5.56 Å². The number of benzene rings is 3. The Labute approximate surface area is 245 Å². The number of esters is 1. The first-order chi connectivity index (χ1) is 20.3. The van der Waals surface area contributed by atoms with Crippen LogP contribution < -0.4 is 24.4 Å². The fraction of sp³-hybridized carbons (Fsp3) is 0.188. The zero-order valence-corrected chi connectivity index (χ0v) is 24.0. The van der Waals surface area contributed by atoms with Crippen LogP contribution in [0.3, 0.4) is 0 Å². The first kappa shape index (κ1) is 28.6. The number of carbonyl (C=O) groups excluding carboxylic acids is 1. The molecule has 0 saturated heterocycles. The molecule has 1 atom stereocenters. The molecule has 0 bridgehead atoms. The van der Waals surface area contributed by atoms with E-state index >= 15 is 0 Å². The summed E-state index contributed by atoms with van der Waals surface area (Å²) in [5, 5.41) is 9.04. The summed E-state index contributed by atoms with van der Waals surface area (Å²) >= 11 is 1.25. The number of thiazole rings is 1. The Balaban J connectivity index is 1.45. The van der Waals surface area contributed by atoms with Crippen LogP contribution in [0.15, 0.2) is 93.9 Å². The Hall–Kier alpha value is -4.96. The Kier molecular flexibility index (Phi) is 8.35. The summed E-state index contributed by atoms with van der Waals surface area (Å²) in [7, 11) is 1.58. The fourth-order valence-electron chi connectivity index (χ4n) is 4.61. The molecule has 4 aromatic rings. The molecule has 214 valence electrons. The molecule has 0 spiro atoms. The summed E-state index contributed by atoms with van der Waals surface area (Å²) in [6, 6.07) is 20.3. The van der Waals surface area contributed by atoms with Crippen LogP contribution in [0.25, 0.3) is 6.08 Å². The summed E-state index contributed by atoms with van der Waals surface area (Å²) in [6.45, 7) is 3.97. The third-order valence-electron chi connectivity index (χ3n) is 6.73. The molecule has 1 N–H and O–H groups in total. The molecule has 1 aliphatic rings. The molecule has 0 amide bonds. The predicted molar refractivity (Wildman–Crippen MR) is 158 cm³/mol. The predicted octanol–water partition coefficient (Wildman–Crippen LogP) is 4.08. The van der Waals surface area contributed by atoms with E-state index in [0.29, 0.717) is 32.1 Å². The lowest BCUT2D eigenvalue weighted by Crippen LogP contribution is -2.39. The number of aromatic nitrogens is 1. The number of ether oxygens (including phenoxy) is 3. The third kappa shape index (κ3) is 5.89. The van der Waals surface area contributed by atoms with Crippen LogP contribution in [0.1, 0.15) is 46.9 Å². The van der Waals surface area contributed by atoms with Crippen LogP contribution in [-0.2, 0) is 16.1 Å². The fourth-order valence-corrected chi connectivity index (χ4v) is 5.66. The van der Waals surface area contributed by atoms with Crippen molar-refractivity contribution >= 4 is 29.4 Å². The van der Waals surface area contributed by atoms with E-state index < -0.39 is 18.0 Å². The van der Waals surface area contributed by atoms with Crippen LogP contribution >= 0.6 is 11.3 Å².